The minimum Gasteiger partial charge on any atom is -0.299 e. The lowest BCUT2D eigenvalue weighted by molar-refractivity contribution is 0.0158. The lowest BCUT2D eigenvalue weighted by Crippen LogP contribution is -2.58. The number of fused-ring (bicyclic) bond motifs is 3. The molecule has 3 fully saturated rings. The van der Waals surface area contributed by atoms with Crippen molar-refractivity contribution in [3.05, 3.63) is 210 Å². The van der Waals surface area contributed by atoms with Crippen LogP contribution >= 0.6 is 34.8 Å². The molecule has 3 heterocycles. The van der Waals surface area contributed by atoms with Crippen LogP contribution in [0.4, 0.5) is 0 Å². The quantitative estimate of drug-likeness (QED) is 0.164. The molecule has 0 amide bonds. The van der Waals surface area contributed by atoms with Crippen LogP contribution < -0.4 is 0 Å². The predicted molar refractivity (Wildman–Crippen MR) is 321 cm³/mol. The van der Waals surface area contributed by atoms with Crippen LogP contribution in [0.15, 0.2) is 139 Å². The zero-order valence-electron chi connectivity index (χ0n) is 65.7. The van der Waals surface area contributed by atoms with Gasteiger partial charge >= 0.3 is 0 Å². The number of likely N-dealkylation sites (N-methyl/N-ethyl adjacent to an activating group) is 3. The number of hydrogen-bond donors (Lipinski definition) is 0. The molecular formula is C67H83Cl3N6. The number of halogens is 3. The van der Waals surface area contributed by atoms with Crippen LogP contribution in [-0.4, -0.2) is 126 Å². The Morgan fingerprint density at radius 3 is 1.29 bits per heavy atom. The van der Waals surface area contributed by atoms with Crippen LogP contribution in [0.1, 0.15) is 181 Å². The van der Waals surface area contributed by atoms with Gasteiger partial charge in [-0.3, -0.25) is 29.4 Å². The van der Waals surface area contributed by atoms with Crippen molar-refractivity contribution < 1.29 is 28.8 Å². The summed E-state index contributed by atoms with van der Waals surface area (Å²) >= 11 is 19.0. The lowest BCUT2D eigenvalue weighted by Gasteiger charge is -2.47. The predicted octanol–water partition coefficient (Wildman–Crippen LogP) is 15.1. The van der Waals surface area contributed by atoms with E-state index in [1.807, 2.05) is 88.2 Å². The molecule has 12 rings (SSSR count). The van der Waals surface area contributed by atoms with Crippen molar-refractivity contribution in [2.75, 3.05) is 79.8 Å². The second-order valence-electron chi connectivity index (χ2n) is 23.1. The number of benzene rings is 6. The zero-order valence-corrected chi connectivity index (χ0v) is 47.0. The van der Waals surface area contributed by atoms with Crippen molar-refractivity contribution in [2.45, 2.75) is 120 Å². The molecule has 6 atom stereocenters. The summed E-state index contributed by atoms with van der Waals surface area (Å²) in [7, 11) is 1.82. The van der Waals surface area contributed by atoms with E-state index in [9.17, 15) is 0 Å². The van der Waals surface area contributed by atoms with Gasteiger partial charge in [-0.05, 0) is 175 Å². The van der Waals surface area contributed by atoms with Crippen LogP contribution in [0.2, 0.25) is 15.1 Å². The highest BCUT2D eigenvalue weighted by Gasteiger charge is 2.43. The van der Waals surface area contributed by atoms with Gasteiger partial charge in [0.2, 0.25) is 0 Å². The molecule has 3 aliphatic carbocycles. The molecule has 0 radical (unpaired) electrons. The molecule has 0 saturated carbocycles. The van der Waals surface area contributed by atoms with E-state index in [1.54, 1.807) is 43.9 Å². The maximum Gasteiger partial charge on any atom is 0.0629 e. The van der Waals surface area contributed by atoms with E-state index < -0.39 is 68.6 Å². The van der Waals surface area contributed by atoms with Gasteiger partial charge in [0.05, 0.1) is 12.3 Å². The average Bonchev–Trinajstić information content (AvgIpc) is 1.73. The lowest BCUT2D eigenvalue weighted by atomic mass is 9.92. The molecule has 76 heavy (non-hydrogen) atoms. The summed E-state index contributed by atoms with van der Waals surface area (Å²) < 4.78 is 174. The highest BCUT2D eigenvalue weighted by atomic mass is 35.5. The Morgan fingerprint density at radius 1 is 0.474 bits per heavy atom. The van der Waals surface area contributed by atoms with E-state index in [0.29, 0.717) is 52.1 Å². The van der Waals surface area contributed by atoms with Crippen LogP contribution in [0.3, 0.4) is 0 Å². The molecule has 0 spiro atoms. The standard InChI is InChI=1S/C23H29ClN2.2C22H27ClN2/c1-16-6-5-7-17(12-16)20-14-22(21-13-18(24)8-9-19(20)21)26-11-10-25(4)23(2,3)15-26;2*1-22(2)15-25(12-11-24(22)3)21-14-19(16-7-5-4-6-8-16)18-10-9-17(23)13-20(18)21/h5-9,12-13,20,22H,10-11,14-15H2,1-4H3;2*4-10,13,19,21H,11-12,14-15H2,1-3H3/t20-,22+;2*19-,21+/m000/s1/i5D,6D,7D,10D2,12D;3D3,4D,5D,6D,7D,8D,11D2;3D3,11D2. The van der Waals surface area contributed by atoms with Gasteiger partial charge in [0.1, 0.15) is 0 Å². The average molecular weight is 1100 g/mol. The summed E-state index contributed by atoms with van der Waals surface area (Å²) in [5, 5.41) is 1.73. The Morgan fingerprint density at radius 2 is 0.868 bits per heavy atom. The summed E-state index contributed by atoms with van der Waals surface area (Å²) in [6, 6.07) is 24.8. The summed E-state index contributed by atoms with van der Waals surface area (Å²) in [4.78, 5) is 9.97. The third-order valence-corrected chi connectivity index (χ3v) is 17.2. The highest BCUT2D eigenvalue weighted by Crippen LogP contribution is 2.51. The minimum absolute atomic E-state index is 0.0167. The van der Waals surface area contributed by atoms with Crippen LogP contribution in [-0.2, 0) is 0 Å². The topological polar surface area (TPSA) is 19.4 Å². The Kier molecular flexibility index (Phi) is 10.4. The third-order valence-electron chi connectivity index (χ3n) is 16.5. The maximum absolute atomic E-state index is 8.66. The van der Waals surface area contributed by atoms with Crippen LogP contribution in [0.25, 0.3) is 0 Å². The molecule has 0 bridgehead atoms. The SMILES string of the molecule is [2H]C([2H])([2H])N1C([2H])([2H])CN([C@@H]2C[C@@H](c3ccccc3)c3ccc(Cl)cc32)CC1(C)C.[2H]c1c([2H])c(C)c([2H])c([C@@H]2C[C@@H](N3CC([2H])([2H])N(C)C(C)(C)C3)c3cc(Cl)ccc32)c1[2H].[2H]c1c([2H])c([2H])c([C@@H]2C[C@@H](N3CC([2H])([2H])N(C([2H])([2H])[2H])C(C)(C)C3)c3cc(Cl)ccc32)c([2H])c1[2H]. The van der Waals surface area contributed by atoms with Gasteiger partial charge < -0.3 is 0 Å². The Balaban J connectivity index is 0.000000158. The summed E-state index contributed by atoms with van der Waals surface area (Å²) in [5.74, 6) is -0.585. The molecule has 0 unspecified atom stereocenters. The van der Waals surface area contributed by atoms with Crippen molar-refractivity contribution in [2.24, 2.45) is 0 Å². The number of nitrogens with zero attached hydrogens (tertiary/aromatic N) is 6. The number of hydrogen-bond acceptors (Lipinski definition) is 6. The van der Waals surface area contributed by atoms with E-state index in [-0.39, 0.29) is 103 Å². The van der Waals surface area contributed by atoms with E-state index >= 15 is 0 Å². The first kappa shape index (κ1) is 34.8. The number of rotatable bonds is 6. The Bertz CT molecular complexity index is 3890. The van der Waals surface area contributed by atoms with E-state index in [4.69, 9.17) is 63.6 Å². The van der Waals surface area contributed by atoms with Crippen molar-refractivity contribution in [1.82, 2.24) is 29.4 Å². The first-order valence-corrected chi connectivity index (χ1v) is 27.4. The Labute approximate surface area is 501 Å². The second kappa shape index (κ2) is 22.6. The largest absolute Gasteiger partial charge is 0.299 e. The van der Waals surface area contributed by atoms with Gasteiger partial charge in [0, 0.05) is 143 Å². The molecule has 6 aromatic carbocycles. The van der Waals surface area contributed by atoms with Gasteiger partial charge in [-0.25, -0.2) is 0 Å². The minimum atomic E-state index is -2.62. The van der Waals surface area contributed by atoms with Crippen LogP contribution in [0, 0.1) is 6.92 Å². The molecule has 9 heteroatoms. The molecule has 6 nitrogen and oxygen atoms in total. The van der Waals surface area contributed by atoms with Crippen LogP contribution in [0.5, 0.6) is 0 Å². The van der Waals surface area contributed by atoms with Crippen molar-refractivity contribution in [3.8, 4) is 0 Å². The van der Waals surface area contributed by atoms with Crippen molar-refractivity contribution >= 4 is 34.8 Å². The Hall–Kier alpha value is -4.05. The van der Waals surface area contributed by atoms with Gasteiger partial charge in [-0.2, -0.15) is 0 Å². The molecule has 6 aliphatic rings. The van der Waals surface area contributed by atoms with Gasteiger partial charge in [-0.1, -0.05) is 143 Å². The monoisotopic (exact) mass is 1100 g/mol. The smallest absolute Gasteiger partial charge is 0.0629 e. The van der Waals surface area contributed by atoms with Gasteiger partial charge in [0.25, 0.3) is 0 Å². The fourth-order valence-corrected chi connectivity index (χ4v) is 12.8. The summed E-state index contributed by atoms with van der Waals surface area (Å²) in [6.07, 6.45) is 1.75. The summed E-state index contributed by atoms with van der Waals surface area (Å²) in [6.45, 7) is 3.51. The molecule has 3 aliphatic heterocycles. The molecule has 0 N–H and O–H groups in total. The highest BCUT2D eigenvalue weighted by molar-refractivity contribution is 6.31. The van der Waals surface area contributed by atoms with E-state index in [1.165, 1.54) is 11.1 Å². The molecule has 0 aromatic heterocycles. The van der Waals surface area contributed by atoms with Crippen molar-refractivity contribution in [3.63, 3.8) is 0 Å². The second-order valence-corrected chi connectivity index (χ2v) is 24.4. The fraction of sp³-hybridized carbons (Fsp3) is 0.463. The van der Waals surface area contributed by atoms with E-state index in [0.717, 1.165) is 44.0 Å². The van der Waals surface area contributed by atoms with E-state index in [2.05, 4.69) is 28.0 Å². The van der Waals surface area contributed by atoms with Gasteiger partial charge in [-0.15, -0.1) is 0 Å². The zero-order chi connectivity index (χ0) is 71.9. The molecule has 6 aromatic rings. The first-order chi connectivity index (χ1) is 44.6. The molecule has 3 saturated heterocycles. The van der Waals surface area contributed by atoms with Gasteiger partial charge in [0.15, 0.2) is 0 Å². The summed E-state index contributed by atoms with van der Waals surface area (Å²) in [5.41, 5.74) is 5.93. The molecular weight excluding hydrogens is 995 g/mol. The number of piperazine rings is 3. The first-order valence-electron chi connectivity index (χ1n) is 36.8. The normalized spacial score (nSPS) is 32.7. The third kappa shape index (κ3) is 11.7. The maximum atomic E-state index is 8.66. The van der Waals surface area contributed by atoms with Crippen molar-refractivity contribution in [1.29, 1.82) is 0 Å². The fourth-order valence-electron chi connectivity index (χ4n) is 12.3. The molecule has 402 valence electrons.